The summed E-state index contributed by atoms with van der Waals surface area (Å²) in [6.07, 6.45) is 32.7. The topological polar surface area (TPSA) is 382 Å². The molecule has 0 aromatic rings. The Morgan fingerprint density at radius 3 is 0.866 bits per heavy atom. The Kier molecular flexibility index (Phi) is 125. The molecular formula is C59H131N5O18. The number of nitrogens with zero attached hydrogens (tertiary/aromatic N) is 4. The average Bonchev–Trinajstić information content (AvgIpc) is 3.39. The van der Waals surface area contributed by atoms with Crippen LogP contribution in [0.15, 0.2) is 0 Å². The van der Waals surface area contributed by atoms with Crippen LogP contribution in [0, 0.1) is 0 Å². The van der Waals surface area contributed by atoms with Crippen LogP contribution in [0.1, 0.15) is 233 Å². The summed E-state index contributed by atoms with van der Waals surface area (Å²) in [5.41, 5.74) is 5.20. The highest BCUT2D eigenvalue weighted by Gasteiger charge is 2.04. The Hall–Kier alpha value is -3.91. The fraction of sp³-hybridized carbons (Fsp3) is 0.881. The van der Waals surface area contributed by atoms with Gasteiger partial charge in [-0.2, -0.15) is 0 Å². The standard InChI is InChI=1S/C20H41NO2.C11H23NO2.2C8H17NO2.C6H13NO2.C3H8O.C2H4O.CH2O2.H2O2.2H2O/c1-4-5-6-7-8-9-10-11-12-16-19-23-20(22)17-14-13-15-18-21(2)3;1-4-10-14-11(13)8-6-5-7-9-12(2)3;2*1-9(2)7-5-3-4-6-8(10)11;7-5-3-1-2-4-6(8)9;1-2-3-4;1-2-3;2-1-3;1-2;;/h4-19H2,1-3H3;4-10H2,1-3H3;2*3-7H2,1-2H3,(H,10,11);1-5,7H2,(H,8,9);4H,2-3H2,1H3;2H,1H3;1H,(H,2,3);1-2H;2*1H2. The van der Waals surface area contributed by atoms with Gasteiger partial charge in [-0.05, 0) is 179 Å². The minimum absolute atomic E-state index is 0. The fourth-order valence-corrected chi connectivity index (χ4v) is 6.24. The maximum absolute atomic E-state index is 11.6. The van der Waals surface area contributed by atoms with Gasteiger partial charge in [0, 0.05) is 38.7 Å². The molecule has 0 rings (SSSR count). The first-order chi connectivity index (χ1) is 38.1. The van der Waals surface area contributed by atoms with Crippen LogP contribution in [-0.2, 0) is 43.0 Å². The van der Waals surface area contributed by atoms with Gasteiger partial charge in [0.05, 0.1) is 13.2 Å². The molecule has 0 saturated carbocycles. The molecule has 0 radical (unpaired) electrons. The molecule has 0 spiro atoms. The smallest absolute Gasteiger partial charge is 0.305 e. The zero-order chi connectivity index (χ0) is 63.3. The number of hydrogen-bond donors (Lipinski definition) is 8. The first-order valence-corrected chi connectivity index (χ1v) is 29.6. The van der Waals surface area contributed by atoms with E-state index < -0.39 is 17.9 Å². The third kappa shape index (κ3) is 158. The summed E-state index contributed by atoms with van der Waals surface area (Å²) in [6, 6.07) is 0. The van der Waals surface area contributed by atoms with Crippen molar-refractivity contribution in [3.05, 3.63) is 0 Å². The number of aliphatic carboxylic acids is 3. The quantitative estimate of drug-likeness (QED) is 0.00926. The minimum atomic E-state index is -0.716. The number of esters is 2. The molecule has 0 bridgehead atoms. The van der Waals surface area contributed by atoms with Crippen LogP contribution < -0.4 is 5.73 Å². The number of carboxylic acids is 3. The van der Waals surface area contributed by atoms with E-state index in [9.17, 15) is 24.0 Å². The average molecular weight is 1200 g/mol. The van der Waals surface area contributed by atoms with Gasteiger partial charge in [0.25, 0.3) is 6.47 Å². The van der Waals surface area contributed by atoms with Crippen LogP contribution in [0.25, 0.3) is 0 Å². The van der Waals surface area contributed by atoms with E-state index in [1.807, 2.05) is 42.0 Å². The number of carbonyl (C=O) groups is 7. The van der Waals surface area contributed by atoms with Crippen molar-refractivity contribution in [2.45, 2.75) is 233 Å². The van der Waals surface area contributed by atoms with Crippen LogP contribution in [-0.4, -0.2) is 218 Å². The number of aldehydes is 1. The summed E-state index contributed by atoms with van der Waals surface area (Å²) in [6.45, 7) is 13.9. The van der Waals surface area contributed by atoms with E-state index in [-0.39, 0.29) is 35.8 Å². The maximum Gasteiger partial charge on any atom is 0.305 e. The molecule has 0 aromatic carbocycles. The van der Waals surface area contributed by atoms with Crippen LogP contribution >= 0.6 is 0 Å². The van der Waals surface area contributed by atoms with Gasteiger partial charge in [0.1, 0.15) is 6.29 Å². The fourth-order valence-electron chi connectivity index (χ4n) is 6.24. The Balaban J connectivity index is -0.0000000834. The van der Waals surface area contributed by atoms with Gasteiger partial charge >= 0.3 is 29.8 Å². The van der Waals surface area contributed by atoms with Crippen molar-refractivity contribution in [3.63, 3.8) is 0 Å². The number of carbonyl (C=O) groups excluding carboxylic acids is 3. The predicted octanol–water partition coefficient (Wildman–Crippen LogP) is 9.27. The molecule has 0 aliphatic heterocycles. The van der Waals surface area contributed by atoms with Crippen molar-refractivity contribution in [1.29, 1.82) is 0 Å². The normalized spacial score (nSPS) is 9.51. The number of hydrogen-bond acceptors (Lipinski definition) is 17. The van der Waals surface area contributed by atoms with Gasteiger partial charge in [-0.25, -0.2) is 0 Å². The summed E-state index contributed by atoms with van der Waals surface area (Å²) in [7, 11) is 16.4. The molecule has 0 aliphatic rings. The van der Waals surface area contributed by atoms with Crippen LogP contribution in [0.3, 0.4) is 0 Å². The van der Waals surface area contributed by atoms with E-state index in [0.717, 1.165) is 142 Å². The highest BCUT2D eigenvalue weighted by molar-refractivity contribution is 5.69. The Morgan fingerprint density at radius 2 is 0.634 bits per heavy atom. The zero-order valence-corrected chi connectivity index (χ0v) is 54.1. The maximum atomic E-state index is 11.6. The lowest BCUT2D eigenvalue weighted by Crippen LogP contribution is -2.13. The molecule has 0 fully saturated rings. The number of aliphatic hydroxyl groups excluding tert-OH is 1. The lowest BCUT2D eigenvalue weighted by atomic mass is 10.1. The monoisotopic (exact) mass is 1200 g/mol. The molecule has 0 heterocycles. The van der Waals surface area contributed by atoms with Crippen molar-refractivity contribution in [2.75, 3.05) is 109 Å². The lowest BCUT2D eigenvalue weighted by Gasteiger charge is -2.08. The Labute approximate surface area is 498 Å². The van der Waals surface area contributed by atoms with Crippen molar-refractivity contribution in [2.24, 2.45) is 5.73 Å². The van der Waals surface area contributed by atoms with Gasteiger partial charge in [-0.1, -0.05) is 111 Å². The minimum Gasteiger partial charge on any atom is -0.483 e. The van der Waals surface area contributed by atoms with E-state index >= 15 is 0 Å². The predicted molar refractivity (Wildman–Crippen MR) is 333 cm³/mol. The molecule has 0 atom stereocenters. The SMILES string of the molecule is CC=O.CCCCCCCCCCCCOC(=O)CCCCCN(C)C.CCCO.CCCOC(=O)CCCCCN(C)C.CN(C)CCCCCC(=O)O.CN(C)CCCCCC(=O)O.NCCCCCC(=O)O.O.O.O=CO.OO. The summed E-state index contributed by atoms with van der Waals surface area (Å²) < 4.78 is 10.3. The number of nitrogens with two attached hydrogens (primary N) is 1. The van der Waals surface area contributed by atoms with Crippen molar-refractivity contribution < 1.29 is 90.0 Å². The Morgan fingerprint density at radius 1 is 0.402 bits per heavy atom. The van der Waals surface area contributed by atoms with Gasteiger partial charge in [0.15, 0.2) is 0 Å². The molecule has 0 aromatic heterocycles. The highest BCUT2D eigenvalue weighted by Crippen LogP contribution is 2.11. The number of rotatable bonds is 43. The van der Waals surface area contributed by atoms with Crippen molar-refractivity contribution in [1.82, 2.24) is 19.6 Å². The van der Waals surface area contributed by atoms with Crippen LogP contribution in [0.5, 0.6) is 0 Å². The molecule has 0 aliphatic carbocycles. The third-order valence-corrected chi connectivity index (χ3v) is 10.5. The molecule has 500 valence electrons. The van der Waals surface area contributed by atoms with Gasteiger partial charge in [-0.3, -0.25) is 39.3 Å². The summed E-state index contributed by atoms with van der Waals surface area (Å²) >= 11 is 0. The van der Waals surface area contributed by atoms with E-state index in [1.165, 1.54) is 71.1 Å². The van der Waals surface area contributed by atoms with Crippen LogP contribution in [0.4, 0.5) is 0 Å². The number of carboxylic acid groups (broad SMARTS) is 4. The molecule has 0 saturated heterocycles. The third-order valence-electron chi connectivity index (χ3n) is 10.5. The second kappa shape index (κ2) is 99.2. The zero-order valence-electron chi connectivity index (χ0n) is 54.1. The van der Waals surface area contributed by atoms with E-state index in [4.69, 9.17) is 60.8 Å². The first-order valence-electron chi connectivity index (χ1n) is 29.6. The van der Waals surface area contributed by atoms with Crippen molar-refractivity contribution >= 4 is 42.6 Å². The second-order valence-electron chi connectivity index (χ2n) is 19.9. The van der Waals surface area contributed by atoms with E-state index in [2.05, 4.69) is 54.7 Å². The molecule has 82 heavy (non-hydrogen) atoms. The molecule has 23 nitrogen and oxygen atoms in total. The number of unbranched alkanes of at least 4 members (excludes halogenated alkanes) is 19. The second-order valence-corrected chi connectivity index (χ2v) is 19.9. The molecule has 23 heteroatoms. The highest BCUT2D eigenvalue weighted by atomic mass is 17.0. The summed E-state index contributed by atoms with van der Waals surface area (Å²) in [4.78, 5) is 78.5. The molecule has 0 unspecified atom stereocenters. The first kappa shape index (κ1) is 103. The number of aliphatic hydroxyl groups is 1. The summed E-state index contributed by atoms with van der Waals surface area (Å²) in [5, 5.41) is 51.6. The molecular weight excluding hydrogens is 1070 g/mol. The largest absolute Gasteiger partial charge is 0.483 e. The lowest BCUT2D eigenvalue weighted by molar-refractivity contribution is -0.176. The van der Waals surface area contributed by atoms with Crippen LogP contribution in [0.2, 0.25) is 0 Å². The van der Waals surface area contributed by atoms with Gasteiger partial charge in [-0.15, -0.1) is 0 Å². The molecule has 13 N–H and O–H groups in total. The summed E-state index contributed by atoms with van der Waals surface area (Å²) in [5.74, 6) is -2.14. The van der Waals surface area contributed by atoms with Crippen molar-refractivity contribution in [3.8, 4) is 0 Å². The van der Waals surface area contributed by atoms with E-state index in [0.29, 0.717) is 52.0 Å². The van der Waals surface area contributed by atoms with Gasteiger partial charge < -0.3 is 76.1 Å². The number of ether oxygens (including phenoxy) is 2. The van der Waals surface area contributed by atoms with E-state index in [1.54, 1.807) is 0 Å². The molecule has 0 amide bonds. The Bertz CT molecular complexity index is 1190. The van der Waals surface area contributed by atoms with Gasteiger partial charge in [0.2, 0.25) is 0 Å².